The number of rotatable bonds is 3. The van der Waals surface area contributed by atoms with E-state index in [1.54, 1.807) is 0 Å². The van der Waals surface area contributed by atoms with Gasteiger partial charge in [-0.1, -0.05) is 6.07 Å². The van der Waals surface area contributed by atoms with Crippen LogP contribution in [0.3, 0.4) is 0 Å². The van der Waals surface area contributed by atoms with Crippen LogP contribution in [0.15, 0.2) is 24.4 Å². The van der Waals surface area contributed by atoms with Gasteiger partial charge in [-0.15, -0.1) is 0 Å². The molecule has 0 atom stereocenters. The number of carboxylic acids is 2. The number of aromatic nitrogens is 1. The summed E-state index contributed by atoms with van der Waals surface area (Å²) < 4.78 is 0. The molecule has 7 heteroatoms. The van der Waals surface area contributed by atoms with Crippen LogP contribution >= 0.6 is 11.8 Å². The third kappa shape index (κ3) is 11.4. The van der Waals surface area contributed by atoms with Crippen molar-refractivity contribution in [2.75, 3.05) is 12.0 Å². The number of carbonyl (C=O) groups is 2. The summed E-state index contributed by atoms with van der Waals surface area (Å²) in [4.78, 5) is 22.4. The second-order valence-electron chi connectivity index (χ2n) is 2.67. The SMILES string of the molecule is CSCCc1ccccn1.O=C(O)C(=O)O.[Pt]. The molecule has 0 amide bonds. The van der Waals surface area contributed by atoms with E-state index in [0.717, 1.165) is 12.2 Å². The molecule has 1 heterocycles. The molecule has 98 valence electrons. The zero-order valence-corrected chi connectivity index (χ0v) is 12.2. The van der Waals surface area contributed by atoms with Crippen LogP contribution < -0.4 is 0 Å². The van der Waals surface area contributed by atoms with Gasteiger partial charge in [-0.2, -0.15) is 11.8 Å². The van der Waals surface area contributed by atoms with Gasteiger partial charge in [0.1, 0.15) is 0 Å². The van der Waals surface area contributed by atoms with Crippen LogP contribution in [0.2, 0.25) is 0 Å². The molecule has 2 N–H and O–H groups in total. The van der Waals surface area contributed by atoms with E-state index in [4.69, 9.17) is 19.8 Å². The Morgan fingerprint density at radius 1 is 1.29 bits per heavy atom. The molecule has 1 aromatic rings. The van der Waals surface area contributed by atoms with Crippen molar-refractivity contribution in [3.63, 3.8) is 0 Å². The zero-order chi connectivity index (χ0) is 12.4. The predicted molar refractivity (Wildman–Crippen MR) is 61.6 cm³/mol. The van der Waals surface area contributed by atoms with E-state index in [0.29, 0.717) is 0 Å². The van der Waals surface area contributed by atoms with Crippen LogP contribution in [0.25, 0.3) is 0 Å². The Morgan fingerprint density at radius 3 is 2.24 bits per heavy atom. The zero-order valence-electron chi connectivity index (χ0n) is 9.11. The molecule has 0 unspecified atom stereocenters. The van der Waals surface area contributed by atoms with Gasteiger partial charge in [0.05, 0.1) is 0 Å². The molecule has 1 rings (SSSR count). The van der Waals surface area contributed by atoms with Crippen molar-refractivity contribution in [2.24, 2.45) is 0 Å². The molecule has 0 saturated carbocycles. The first-order valence-corrected chi connectivity index (χ1v) is 5.82. The number of aryl methyl sites for hydroxylation is 1. The predicted octanol–water partition coefficient (Wildman–Crippen LogP) is 1.14. The smallest absolute Gasteiger partial charge is 0.414 e. The first kappa shape index (κ1) is 18.5. The first-order valence-electron chi connectivity index (χ1n) is 4.43. The Morgan fingerprint density at radius 2 is 1.88 bits per heavy atom. The van der Waals surface area contributed by atoms with Crippen molar-refractivity contribution >= 4 is 23.7 Å². The largest absolute Gasteiger partial charge is 0.473 e. The molecule has 17 heavy (non-hydrogen) atoms. The van der Waals surface area contributed by atoms with Gasteiger partial charge in [0.15, 0.2) is 0 Å². The molecule has 0 radical (unpaired) electrons. The van der Waals surface area contributed by atoms with Crippen LogP contribution in [-0.4, -0.2) is 39.1 Å². The van der Waals surface area contributed by atoms with Gasteiger partial charge in [0.2, 0.25) is 0 Å². The summed E-state index contributed by atoms with van der Waals surface area (Å²) in [5.74, 6) is -2.48. The summed E-state index contributed by atoms with van der Waals surface area (Å²) in [5, 5.41) is 14.8. The maximum atomic E-state index is 9.10. The Kier molecular flexibility index (Phi) is 12.6. The van der Waals surface area contributed by atoms with Gasteiger partial charge in [0, 0.05) is 33.0 Å². The van der Waals surface area contributed by atoms with Crippen LogP contribution in [0.4, 0.5) is 0 Å². The van der Waals surface area contributed by atoms with Gasteiger partial charge in [0.25, 0.3) is 0 Å². The number of carboxylic acid groups (broad SMARTS) is 2. The van der Waals surface area contributed by atoms with E-state index in [-0.39, 0.29) is 21.1 Å². The first-order chi connectivity index (χ1) is 7.57. The fraction of sp³-hybridized carbons (Fsp3) is 0.300. The van der Waals surface area contributed by atoms with E-state index in [2.05, 4.69) is 17.3 Å². The van der Waals surface area contributed by atoms with Crippen LogP contribution in [-0.2, 0) is 37.1 Å². The number of aliphatic carboxylic acids is 2. The van der Waals surface area contributed by atoms with Crippen LogP contribution in [0, 0.1) is 0 Å². The number of thioether (sulfide) groups is 1. The standard InChI is InChI=1S/C8H11NS.C2H2O4.Pt/c1-10-7-5-8-4-2-3-6-9-8;3-1(4)2(5)6;/h2-4,6H,5,7H2,1H3;(H,3,4)(H,5,6);. The number of hydrogen-bond donors (Lipinski definition) is 2. The van der Waals surface area contributed by atoms with E-state index in [1.807, 2.05) is 30.1 Å². The summed E-state index contributed by atoms with van der Waals surface area (Å²) >= 11 is 1.86. The Labute approximate surface area is 118 Å². The third-order valence-electron chi connectivity index (χ3n) is 1.47. The average molecular weight is 438 g/mol. The van der Waals surface area contributed by atoms with Gasteiger partial charge in [-0.3, -0.25) is 4.98 Å². The van der Waals surface area contributed by atoms with Crippen molar-refractivity contribution in [1.29, 1.82) is 0 Å². The number of nitrogens with zero attached hydrogens (tertiary/aromatic N) is 1. The second kappa shape index (κ2) is 11.6. The summed E-state index contributed by atoms with van der Waals surface area (Å²) in [6.45, 7) is 0. The molecule has 0 fully saturated rings. The van der Waals surface area contributed by atoms with Crippen molar-refractivity contribution in [1.82, 2.24) is 4.98 Å². The molecule has 0 aliphatic rings. The monoisotopic (exact) mass is 438 g/mol. The van der Waals surface area contributed by atoms with E-state index >= 15 is 0 Å². The topological polar surface area (TPSA) is 87.5 Å². The Balaban J connectivity index is 0. The fourth-order valence-electron chi connectivity index (χ4n) is 0.753. The van der Waals surface area contributed by atoms with Crippen LogP contribution in [0.1, 0.15) is 5.69 Å². The average Bonchev–Trinajstić information content (AvgIpc) is 2.28. The summed E-state index contributed by atoms with van der Waals surface area (Å²) in [6, 6.07) is 6.04. The van der Waals surface area contributed by atoms with Gasteiger partial charge in [-0.25, -0.2) is 9.59 Å². The van der Waals surface area contributed by atoms with Gasteiger partial charge >= 0.3 is 11.9 Å². The minimum atomic E-state index is -1.82. The molecule has 0 saturated heterocycles. The number of hydrogen-bond acceptors (Lipinski definition) is 4. The van der Waals surface area contributed by atoms with E-state index in [9.17, 15) is 0 Å². The van der Waals surface area contributed by atoms with Crippen molar-refractivity contribution in [3.05, 3.63) is 30.1 Å². The van der Waals surface area contributed by atoms with Crippen molar-refractivity contribution < 1.29 is 40.9 Å². The maximum Gasteiger partial charge on any atom is 0.414 e. The molecular weight excluding hydrogens is 425 g/mol. The fourth-order valence-corrected chi connectivity index (χ4v) is 1.17. The molecule has 0 aromatic carbocycles. The maximum absolute atomic E-state index is 9.10. The van der Waals surface area contributed by atoms with E-state index in [1.165, 1.54) is 5.69 Å². The second-order valence-corrected chi connectivity index (χ2v) is 3.66. The molecule has 0 spiro atoms. The minimum absolute atomic E-state index is 0. The third-order valence-corrected chi connectivity index (χ3v) is 2.08. The summed E-state index contributed by atoms with van der Waals surface area (Å²) in [6.07, 6.45) is 5.04. The molecule has 1 aromatic heterocycles. The molecule has 5 nitrogen and oxygen atoms in total. The Bertz CT molecular complexity index is 322. The molecular formula is C10H13NO4PtS. The number of pyridine rings is 1. The summed E-state index contributed by atoms with van der Waals surface area (Å²) in [7, 11) is 0. The summed E-state index contributed by atoms with van der Waals surface area (Å²) in [5.41, 5.74) is 1.19. The molecule has 0 bridgehead atoms. The van der Waals surface area contributed by atoms with Gasteiger partial charge < -0.3 is 10.2 Å². The van der Waals surface area contributed by atoms with Crippen LogP contribution in [0.5, 0.6) is 0 Å². The molecule has 0 aliphatic carbocycles. The quantitative estimate of drug-likeness (QED) is 0.689. The van der Waals surface area contributed by atoms with E-state index < -0.39 is 11.9 Å². The van der Waals surface area contributed by atoms with Crippen molar-refractivity contribution in [2.45, 2.75) is 6.42 Å². The molecule has 0 aliphatic heterocycles. The van der Waals surface area contributed by atoms with Crippen molar-refractivity contribution in [3.8, 4) is 0 Å². The normalized spacial score (nSPS) is 8.29. The van der Waals surface area contributed by atoms with Gasteiger partial charge in [-0.05, 0) is 30.6 Å². The minimum Gasteiger partial charge on any atom is -0.473 e. The Hall–Kier alpha value is -0.872.